The van der Waals surface area contributed by atoms with Crippen molar-refractivity contribution in [2.24, 2.45) is 5.92 Å². The van der Waals surface area contributed by atoms with E-state index in [1.165, 1.54) is 0 Å². The van der Waals surface area contributed by atoms with Crippen LogP contribution < -0.4 is 5.32 Å². The molecule has 2 N–H and O–H groups in total. The molecule has 4 nitrogen and oxygen atoms in total. The summed E-state index contributed by atoms with van der Waals surface area (Å²) in [6, 6.07) is 1.75. The van der Waals surface area contributed by atoms with E-state index in [2.05, 4.69) is 15.3 Å². The molecule has 1 aliphatic rings. The van der Waals surface area contributed by atoms with E-state index in [1.54, 1.807) is 12.3 Å². The van der Waals surface area contributed by atoms with Crippen LogP contribution in [-0.2, 0) is 0 Å². The first-order valence-electron chi connectivity index (χ1n) is 5.01. The fourth-order valence-corrected chi connectivity index (χ4v) is 1.84. The lowest BCUT2D eigenvalue weighted by molar-refractivity contribution is 0.205. The molecule has 15 heavy (non-hydrogen) atoms. The normalized spacial score (nSPS) is 19.7. The Kier molecular flexibility index (Phi) is 2.80. The van der Waals surface area contributed by atoms with Gasteiger partial charge in [-0.2, -0.15) is 0 Å². The summed E-state index contributed by atoms with van der Waals surface area (Å²) in [5, 5.41) is 12.8. The summed E-state index contributed by atoms with van der Waals surface area (Å²) >= 11 is 5.69. The van der Waals surface area contributed by atoms with Crippen LogP contribution >= 0.6 is 11.6 Å². The van der Waals surface area contributed by atoms with E-state index >= 15 is 0 Å². The van der Waals surface area contributed by atoms with Gasteiger partial charge in [-0.05, 0) is 43.4 Å². The van der Waals surface area contributed by atoms with E-state index in [9.17, 15) is 5.11 Å². The minimum Gasteiger partial charge on any atom is -0.394 e. The molecule has 1 saturated carbocycles. The molecule has 1 aromatic rings. The Morgan fingerprint density at radius 1 is 1.67 bits per heavy atom. The molecule has 1 aliphatic carbocycles. The molecule has 1 heterocycles. The third kappa shape index (κ3) is 2.38. The minimum absolute atomic E-state index is 0.0965. The molecule has 0 aromatic carbocycles. The summed E-state index contributed by atoms with van der Waals surface area (Å²) in [6.07, 6.45) is 3.91. The number of hydrogen-bond donors (Lipinski definition) is 2. The monoisotopic (exact) mass is 227 g/mol. The van der Waals surface area contributed by atoms with Gasteiger partial charge in [-0.3, -0.25) is 0 Å². The Morgan fingerprint density at radius 3 is 2.93 bits per heavy atom. The quantitative estimate of drug-likeness (QED) is 0.769. The summed E-state index contributed by atoms with van der Waals surface area (Å²) in [5.74, 6) is 1.19. The summed E-state index contributed by atoms with van der Waals surface area (Å²) < 4.78 is 0. The molecule has 0 spiro atoms. The van der Waals surface area contributed by atoms with Gasteiger partial charge in [0, 0.05) is 6.20 Å². The van der Waals surface area contributed by atoms with Crippen LogP contribution in [0.1, 0.15) is 19.8 Å². The lowest BCUT2D eigenvalue weighted by Crippen LogP contribution is -2.41. The molecule has 5 heteroatoms. The van der Waals surface area contributed by atoms with E-state index in [-0.39, 0.29) is 17.4 Å². The van der Waals surface area contributed by atoms with E-state index in [0.29, 0.717) is 11.7 Å². The molecule has 0 amide bonds. The predicted molar refractivity (Wildman–Crippen MR) is 58.9 cm³/mol. The number of aromatic nitrogens is 2. The second-order valence-electron chi connectivity index (χ2n) is 4.19. The Hall–Kier alpha value is -0.870. The van der Waals surface area contributed by atoms with Crippen molar-refractivity contribution >= 4 is 17.4 Å². The van der Waals surface area contributed by atoms with E-state index in [1.807, 2.05) is 6.92 Å². The Bertz CT molecular complexity index is 356. The molecular weight excluding hydrogens is 214 g/mol. The van der Waals surface area contributed by atoms with Crippen LogP contribution in [0.5, 0.6) is 0 Å². The van der Waals surface area contributed by atoms with Crippen molar-refractivity contribution in [1.29, 1.82) is 0 Å². The number of nitrogens with one attached hydrogen (secondary N) is 1. The maximum Gasteiger partial charge on any atom is 0.224 e. The lowest BCUT2D eigenvalue weighted by atomic mass is 9.97. The molecular formula is C10H14ClN3O. The van der Waals surface area contributed by atoms with Gasteiger partial charge >= 0.3 is 0 Å². The van der Waals surface area contributed by atoms with Gasteiger partial charge in [-0.25, -0.2) is 9.97 Å². The third-order valence-electron chi connectivity index (χ3n) is 2.85. The first kappa shape index (κ1) is 10.6. The Morgan fingerprint density at radius 2 is 2.40 bits per heavy atom. The highest BCUT2D eigenvalue weighted by Crippen LogP contribution is 2.40. The fourth-order valence-electron chi connectivity index (χ4n) is 1.69. The highest BCUT2D eigenvalue weighted by atomic mass is 35.5. The summed E-state index contributed by atoms with van der Waals surface area (Å²) in [4.78, 5) is 7.86. The van der Waals surface area contributed by atoms with Gasteiger partial charge in [0.05, 0.1) is 12.1 Å². The first-order valence-corrected chi connectivity index (χ1v) is 5.39. The SMILES string of the molecule is CC(CO)(Nc1ccnc(Cl)n1)C1CC1. The molecule has 2 rings (SSSR count). The lowest BCUT2D eigenvalue weighted by Gasteiger charge is -2.29. The number of nitrogens with zero attached hydrogens (tertiary/aromatic N) is 2. The fraction of sp³-hybridized carbons (Fsp3) is 0.600. The van der Waals surface area contributed by atoms with Gasteiger partial charge in [0.1, 0.15) is 5.82 Å². The van der Waals surface area contributed by atoms with E-state index in [0.717, 1.165) is 12.8 Å². The molecule has 0 saturated heterocycles. The largest absolute Gasteiger partial charge is 0.394 e. The van der Waals surface area contributed by atoms with Crippen LogP contribution in [0.15, 0.2) is 12.3 Å². The average molecular weight is 228 g/mol. The number of hydrogen-bond acceptors (Lipinski definition) is 4. The number of rotatable bonds is 4. The van der Waals surface area contributed by atoms with Crippen molar-refractivity contribution in [2.75, 3.05) is 11.9 Å². The van der Waals surface area contributed by atoms with Crippen molar-refractivity contribution in [3.63, 3.8) is 0 Å². The van der Waals surface area contributed by atoms with Crippen molar-refractivity contribution in [3.05, 3.63) is 17.5 Å². The van der Waals surface area contributed by atoms with Gasteiger partial charge in [0.15, 0.2) is 0 Å². The number of aliphatic hydroxyl groups is 1. The minimum atomic E-state index is -0.294. The van der Waals surface area contributed by atoms with Crippen LogP contribution in [-0.4, -0.2) is 27.2 Å². The molecule has 82 valence electrons. The van der Waals surface area contributed by atoms with Crippen molar-refractivity contribution in [2.45, 2.75) is 25.3 Å². The molecule has 1 fully saturated rings. The average Bonchev–Trinajstić information content (AvgIpc) is 3.01. The van der Waals surface area contributed by atoms with Crippen molar-refractivity contribution in [1.82, 2.24) is 9.97 Å². The van der Waals surface area contributed by atoms with Gasteiger partial charge in [-0.15, -0.1) is 0 Å². The smallest absolute Gasteiger partial charge is 0.224 e. The molecule has 1 atom stereocenters. The number of aliphatic hydroxyl groups excluding tert-OH is 1. The molecule has 1 unspecified atom stereocenters. The highest BCUT2D eigenvalue weighted by molar-refractivity contribution is 6.28. The summed E-state index contributed by atoms with van der Waals surface area (Å²) in [6.45, 7) is 2.10. The zero-order valence-electron chi connectivity index (χ0n) is 8.57. The molecule has 0 bridgehead atoms. The second kappa shape index (κ2) is 3.94. The zero-order chi connectivity index (χ0) is 10.9. The maximum atomic E-state index is 9.39. The summed E-state index contributed by atoms with van der Waals surface area (Å²) in [7, 11) is 0. The van der Waals surface area contributed by atoms with E-state index in [4.69, 9.17) is 11.6 Å². The van der Waals surface area contributed by atoms with Crippen LogP contribution in [0, 0.1) is 5.92 Å². The predicted octanol–water partition coefficient (Wildman–Crippen LogP) is 1.70. The van der Waals surface area contributed by atoms with Gasteiger partial charge in [0.25, 0.3) is 0 Å². The molecule has 0 aliphatic heterocycles. The van der Waals surface area contributed by atoms with Crippen molar-refractivity contribution in [3.8, 4) is 0 Å². The molecule has 0 radical (unpaired) electrons. The Balaban J connectivity index is 2.12. The van der Waals surface area contributed by atoms with Gasteiger partial charge < -0.3 is 10.4 Å². The Labute approximate surface area is 93.7 Å². The maximum absolute atomic E-state index is 9.39. The number of halogens is 1. The van der Waals surface area contributed by atoms with Crippen LogP contribution in [0.2, 0.25) is 5.28 Å². The van der Waals surface area contributed by atoms with E-state index < -0.39 is 0 Å². The highest BCUT2D eigenvalue weighted by Gasteiger charge is 2.41. The van der Waals surface area contributed by atoms with Crippen molar-refractivity contribution < 1.29 is 5.11 Å². The number of anilines is 1. The van der Waals surface area contributed by atoms with Gasteiger partial charge in [0.2, 0.25) is 5.28 Å². The second-order valence-corrected chi connectivity index (χ2v) is 4.52. The topological polar surface area (TPSA) is 58.0 Å². The van der Waals surface area contributed by atoms with Gasteiger partial charge in [-0.1, -0.05) is 0 Å². The third-order valence-corrected chi connectivity index (χ3v) is 3.03. The standard InChI is InChI=1S/C10H14ClN3O/c1-10(6-15,7-2-3-7)14-8-4-5-12-9(11)13-8/h4-5,7,15H,2-3,6H2,1H3,(H,12,13,14). The van der Waals surface area contributed by atoms with Crippen LogP contribution in [0.3, 0.4) is 0 Å². The van der Waals surface area contributed by atoms with Crippen LogP contribution in [0.4, 0.5) is 5.82 Å². The summed E-state index contributed by atoms with van der Waals surface area (Å²) in [5.41, 5.74) is -0.294. The first-order chi connectivity index (χ1) is 7.14. The molecule has 1 aromatic heterocycles. The zero-order valence-corrected chi connectivity index (χ0v) is 9.33. The van der Waals surface area contributed by atoms with Crippen LogP contribution in [0.25, 0.3) is 0 Å².